The summed E-state index contributed by atoms with van der Waals surface area (Å²) in [7, 11) is 3.39. The molecule has 1 unspecified atom stereocenters. The topological polar surface area (TPSA) is 61.4 Å². The summed E-state index contributed by atoms with van der Waals surface area (Å²) in [6.45, 7) is 1.82. The largest absolute Gasteiger partial charge is 0.348 e. The number of nitrogens with zero attached hydrogens (tertiary/aromatic N) is 1. The number of hydrogen-bond donors (Lipinski definition) is 2. The van der Waals surface area contributed by atoms with Gasteiger partial charge in [0.15, 0.2) is 0 Å². The Labute approximate surface area is 131 Å². The average molecular weight is 312 g/mol. The fourth-order valence-corrected chi connectivity index (χ4v) is 2.30. The summed E-state index contributed by atoms with van der Waals surface area (Å²) in [5, 5.41) is 6.26. The van der Waals surface area contributed by atoms with Crippen LogP contribution < -0.4 is 10.6 Å². The van der Waals surface area contributed by atoms with E-state index in [9.17, 15) is 9.59 Å². The summed E-state index contributed by atoms with van der Waals surface area (Å²) in [5.74, 6) is -0.217. The Kier molecular flexibility index (Phi) is 6.65. The first-order chi connectivity index (χ1) is 9.58. The minimum Gasteiger partial charge on any atom is -0.348 e. The monoisotopic (exact) mass is 311 g/mol. The first-order valence-electron chi connectivity index (χ1n) is 6.91. The molecule has 0 radical (unpaired) electrons. The van der Waals surface area contributed by atoms with Gasteiger partial charge in [-0.15, -0.1) is 12.4 Å². The van der Waals surface area contributed by atoms with Crippen molar-refractivity contribution >= 4 is 24.2 Å². The molecule has 1 saturated heterocycles. The average Bonchev–Trinajstić information content (AvgIpc) is 2.47. The van der Waals surface area contributed by atoms with Crippen molar-refractivity contribution in [3.8, 4) is 0 Å². The van der Waals surface area contributed by atoms with Crippen molar-refractivity contribution in [3.05, 3.63) is 35.4 Å². The van der Waals surface area contributed by atoms with Gasteiger partial charge >= 0.3 is 0 Å². The van der Waals surface area contributed by atoms with Crippen LogP contribution in [0.3, 0.4) is 0 Å². The zero-order valence-electron chi connectivity index (χ0n) is 12.4. The zero-order chi connectivity index (χ0) is 14.5. The second kappa shape index (κ2) is 8.00. The zero-order valence-corrected chi connectivity index (χ0v) is 13.2. The van der Waals surface area contributed by atoms with Gasteiger partial charge in [-0.1, -0.05) is 6.07 Å². The smallest absolute Gasteiger partial charge is 0.253 e. The molecular formula is C15H22ClN3O2. The van der Waals surface area contributed by atoms with Crippen LogP contribution >= 0.6 is 12.4 Å². The molecule has 1 aromatic rings. The molecule has 116 valence electrons. The Balaban J connectivity index is 0.00000220. The predicted molar refractivity (Wildman–Crippen MR) is 85.1 cm³/mol. The summed E-state index contributed by atoms with van der Waals surface area (Å²) in [6.07, 6.45) is 2.07. The van der Waals surface area contributed by atoms with Crippen LogP contribution in [0.1, 0.15) is 33.6 Å². The number of benzene rings is 1. The second-order valence-corrected chi connectivity index (χ2v) is 5.30. The quantitative estimate of drug-likeness (QED) is 0.884. The number of piperidine rings is 1. The molecule has 5 nitrogen and oxygen atoms in total. The third-order valence-corrected chi connectivity index (χ3v) is 3.41. The Hall–Kier alpha value is -1.59. The highest BCUT2D eigenvalue weighted by Crippen LogP contribution is 2.09. The molecule has 1 aliphatic rings. The van der Waals surface area contributed by atoms with Crippen molar-refractivity contribution in [3.63, 3.8) is 0 Å². The summed E-state index contributed by atoms with van der Waals surface area (Å²) >= 11 is 0. The van der Waals surface area contributed by atoms with Crippen LogP contribution in [0, 0.1) is 0 Å². The maximum absolute atomic E-state index is 12.2. The number of hydrogen-bond acceptors (Lipinski definition) is 3. The summed E-state index contributed by atoms with van der Waals surface area (Å²) in [4.78, 5) is 25.6. The second-order valence-electron chi connectivity index (χ2n) is 5.30. The lowest BCUT2D eigenvalue weighted by Gasteiger charge is -2.23. The van der Waals surface area contributed by atoms with Gasteiger partial charge in [-0.25, -0.2) is 0 Å². The summed E-state index contributed by atoms with van der Waals surface area (Å²) in [6, 6.07) is 7.02. The van der Waals surface area contributed by atoms with Crippen LogP contribution in [0.25, 0.3) is 0 Å². The van der Waals surface area contributed by atoms with Crippen molar-refractivity contribution < 1.29 is 9.59 Å². The predicted octanol–water partition coefficient (Wildman–Crippen LogP) is 1.29. The molecule has 1 aromatic carbocycles. The lowest BCUT2D eigenvalue weighted by Crippen LogP contribution is -2.45. The van der Waals surface area contributed by atoms with Crippen LogP contribution in [0.15, 0.2) is 24.3 Å². The molecule has 0 aliphatic carbocycles. The highest BCUT2D eigenvalue weighted by molar-refractivity contribution is 5.99. The van der Waals surface area contributed by atoms with Gasteiger partial charge in [0.05, 0.1) is 0 Å². The molecule has 2 rings (SSSR count). The molecule has 0 spiro atoms. The van der Waals surface area contributed by atoms with E-state index in [2.05, 4.69) is 10.6 Å². The lowest BCUT2D eigenvalue weighted by atomic mass is 10.1. The minimum atomic E-state index is -0.118. The standard InChI is InChI=1S/C15H21N3O2.ClH/c1-18(2)15(20)12-6-3-5-11(9-12)14(19)17-13-7-4-8-16-10-13;/h3,5-6,9,13,16H,4,7-8,10H2,1-2H3,(H,17,19);1H. The van der Waals surface area contributed by atoms with Crippen LogP contribution in [0.4, 0.5) is 0 Å². The Morgan fingerprint density at radius 3 is 2.62 bits per heavy atom. The van der Waals surface area contributed by atoms with E-state index in [1.165, 1.54) is 4.90 Å². The number of rotatable bonds is 3. The van der Waals surface area contributed by atoms with E-state index in [0.717, 1.165) is 25.9 Å². The van der Waals surface area contributed by atoms with E-state index in [1.54, 1.807) is 38.4 Å². The minimum absolute atomic E-state index is 0. The lowest BCUT2D eigenvalue weighted by molar-refractivity contribution is 0.0827. The fourth-order valence-electron chi connectivity index (χ4n) is 2.30. The SMILES string of the molecule is CN(C)C(=O)c1cccc(C(=O)NC2CCCNC2)c1.Cl. The molecule has 0 saturated carbocycles. The maximum atomic E-state index is 12.2. The Morgan fingerprint density at radius 1 is 1.29 bits per heavy atom. The van der Waals surface area contributed by atoms with Crippen molar-refractivity contribution in [1.29, 1.82) is 0 Å². The number of nitrogens with one attached hydrogen (secondary N) is 2. The van der Waals surface area contributed by atoms with Crippen LogP contribution in [-0.4, -0.2) is 49.9 Å². The molecule has 6 heteroatoms. The molecule has 21 heavy (non-hydrogen) atoms. The number of amides is 2. The summed E-state index contributed by atoms with van der Waals surface area (Å²) in [5.41, 5.74) is 1.06. The van der Waals surface area contributed by atoms with Gasteiger partial charge in [0, 0.05) is 37.8 Å². The van der Waals surface area contributed by atoms with Gasteiger partial charge in [-0.2, -0.15) is 0 Å². The Bertz CT molecular complexity index is 499. The number of halogens is 1. The number of carbonyl (C=O) groups is 2. The van der Waals surface area contributed by atoms with E-state index in [1.807, 2.05) is 0 Å². The van der Waals surface area contributed by atoms with Gasteiger partial charge < -0.3 is 15.5 Å². The van der Waals surface area contributed by atoms with Gasteiger partial charge in [0.2, 0.25) is 0 Å². The highest BCUT2D eigenvalue weighted by atomic mass is 35.5. The molecule has 0 aromatic heterocycles. The molecule has 2 amide bonds. The van der Waals surface area contributed by atoms with Crippen molar-refractivity contribution in [2.24, 2.45) is 0 Å². The van der Waals surface area contributed by atoms with E-state index in [0.29, 0.717) is 11.1 Å². The summed E-state index contributed by atoms with van der Waals surface area (Å²) < 4.78 is 0. The van der Waals surface area contributed by atoms with Crippen molar-refractivity contribution in [2.75, 3.05) is 27.2 Å². The number of carbonyl (C=O) groups excluding carboxylic acids is 2. The van der Waals surface area contributed by atoms with E-state index < -0.39 is 0 Å². The molecule has 1 fully saturated rings. The van der Waals surface area contributed by atoms with Gasteiger partial charge in [-0.3, -0.25) is 9.59 Å². The van der Waals surface area contributed by atoms with Crippen LogP contribution in [0.5, 0.6) is 0 Å². The first kappa shape index (κ1) is 17.5. The molecule has 1 aliphatic heterocycles. The third-order valence-electron chi connectivity index (χ3n) is 3.41. The molecule has 1 heterocycles. The van der Waals surface area contributed by atoms with Crippen LogP contribution in [-0.2, 0) is 0 Å². The van der Waals surface area contributed by atoms with Crippen LogP contribution in [0.2, 0.25) is 0 Å². The fraction of sp³-hybridized carbons (Fsp3) is 0.467. The molecule has 2 N–H and O–H groups in total. The van der Waals surface area contributed by atoms with Gasteiger partial charge in [-0.05, 0) is 37.6 Å². The van der Waals surface area contributed by atoms with Crippen molar-refractivity contribution in [1.82, 2.24) is 15.5 Å². The third kappa shape index (κ3) is 4.72. The van der Waals surface area contributed by atoms with E-state index in [4.69, 9.17) is 0 Å². The van der Waals surface area contributed by atoms with E-state index >= 15 is 0 Å². The first-order valence-corrected chi connectivity index (χ1v) is 6.91. The normalized spacial score (nSPS) is 17.5. The molecule has 1 atom stereocenters. The molecule has 0 bridgehead atoms. The molecular weight excluding hydrogens is 290 g/mol. The van der Waals surface area contributed by atoms with E-state index in [-0.39, 0.29) is 30.3 Å². The highest BCUT2D eigenvalue weighted by Gasteiger charge is 2.17. The Morgan fingerprint density at radius 2 is 2.00 bits per heavy atom. The maximum Gasteiger partial charge on any atom is 0.253 e. The van der Waals surface area contributed by atoms with Crippen molar-refractivity contribution in [2.45, 2.75) is 18.9 Å². The van der Waals surface area contributed by atoms with Gasteiger partial charge in [0.25, 0.3) is 11.8 Å². The van der Waals surface area contributed by atoms with Gasteiger partial charge in [0.1, 0.15) is 0 Å².